The number of carboxylic acids is 1. The summed E-state index contributed by atoms with van der Waals surface area (Å²) >= 11 is 0. The molecule has 0 bridgehead atoms. The van der Waals surface area contributed by atoms with E-state index in [-0.39, 0.29) is 30.1 Å². The van der Waals surface area contributed by atoms with E-state index in [9.17, 15) is 19.8 Å². The quantitative estimate of drug-likeness (QED) is 0.469. The number of carbonyl (C=O) groups is 2. The average Bonchev–Trinajstić information content (AvgIpc) is 3.11. The molecule has 0 aromatic heterocycles. The first-order valence-corrected chi connectivity index (χ1v) is 11.3. The van der Waals surface area contributed by atoms with Crippen LogP contribution in [0.3, 0.4) is 0 Å². The van der Waals surface area contributed by atoms with Crippen LogP contribution in [-0.2, 0) is 21.4 Å². The van der Waals surface area contributed by atoms with E-state index in [0.29, 0.717) is 5.56 Å². The van der Waals surface area contributed by atoms with E-state index < -0.39 is 18.1 Å². The first-order chi connectivity index (χ1) is 16.1. The van der Waals surface area contributed by atoms with Crippen molar-refractivity contribution in [2.24, 2.45) is 0 Å². The second-order valence-electron chi connectivity index (χ2n) is 9.67. The Kier molecular flexibility index (Phi) is 6.33. The van der Waals surface area contributed by atoms with Crippen LogP contribution in [0.2, 0.25) is 0 Å². The van der Waals surface area contributed by atoms with Gasteiger partial charge in [-0.1, -0.05) is 81.4 Å². The molecule has 0 heterocycles. The molecule has 6 heteroatoms. The fourth-order valence-electron chi connectivity index (χ4n) is 4.53. The van der Waals surface area contributed by atoms with E-state index in [4.69, 9.17) is 4.74 Å². The number of ether oxygens (including phenoxy) is 1. The zero-order chi connectivity index (χ0) is 24.5. The van der Waals surface area contributed by atoms with Crippen molar-refractivity contribution < 1.29 is 24.5 Å². The summed E-state index contributed by atoms with van der Waals surface area (Å²) in [5.41, 5.74) is 5.54. The van der Waals surface area contributed by atoms with Gasteiger partial charge in [-0.3, -0.25) is 0 Å². The van der Waals surface area contributed by atoms with Crippen molar-refractivity contribution in [2.75, 3.05) is 6.61 Å². The molecule has 3 N–H and O–H groups in total. The lowest BCUT2D eigenvalue weighted by Crippen LogP contribution is -2.43. The Hall–Kier alpha value is -3.80. The predicted molar refractivity (Wildman–Crippen MR) is 130 cm³/mol. The number of alkyl carbamates (subject to hydrolysis) is 1. The molecule has 1 amide bonds. The number of hydrogen-bond donors (Lipinski definition) is 3. The van der Waals surface area contributed by atoms with Crippen LogP contribution in [0.15, 0.2) is 66.7 Å². The number of carboxylic acid groups (broad SMARTS) is 1. The molecule has 3 aromatic rings. The number of hydrogen-bond acceptors (Lipinski definition) is 4. The average molecular weight is 460 g/mol. The highest BCUT2D eigenvalue weighted by Gasteiger charge is 2.30. The molecular formula is C28H29NO5. The molecule has 0 fully saturated rings. The fraction of sp³-hybridized carbons (Fsp3) is 0.286. The smallest absolute Gasteiger partial charge is 0.407 e. The molecule has 34 heavy (non-hydrogen) atoms. The van der Waals surface area contributed by atoms with Crippen molar-refractivity contribution in [1.82, 2.24) is 5.32 Å². The first kappa shape index (κ1) is 23.4. The molecule has 6 nitrogen and oxygen atoms in total. The summed E-state index contributed by atoms with van der Waals surface area (Å²) in [6.45, 7) is 6.01. The van der Waals surface area contributed by atoms with Crippen molar-refractivity contribution in [1.29, 1.82) is 0 Å². The van der Waals surface area contributed by atoms with Crippen LogP contribution < -0.4 is 5.32 Å². The maximum absolute atomic E-state index is 12.6. The van der Waals surface area contributed by atoms with Crippen LogP contribution >= 0.6 is 0 Å². The van der Waals surface area contributed by atoms with Crippen molar-refractivity contribution in [2.45, 2.75) is 44.6 Å². The lowest BCUT2D eigenvalue weighted by Gasteiger charge is -2.22. The molecule has 0 spiro atoms. The number of fused-ring (bicyclic) bond motifs is 3. The van der Waals surface area contributed by atoms with Gasteiger partial charge in [0, 0.05) is 12.3 Å². The summed E-state index contributed by atoms with van der Waals surface area (Å²) in [4.78, 5) is 24.4. The molecule has 0 saturated heterocycles. The van der Waals surface area contributed by atoms with Crippen molar-refractivity contribution in [3.8, 4) is 16.9 Å². The standard InChI is InChI=1S/C28H29NO5/c1-28(2,3)23-14-17(12-13-25(23)30)15-24(26(31)32)29-27(33)34-16-22-20-10-6-4-8-18(20)19-9-5-7-11-21(19)22/h4-14,22,24,30H,15-16H2,1-3H3,(H,29,33)(H,31,32)/t24-/m0/s1. The summed E-state index contributed by atoms with van der Waals surface area (Å²) in [5.74, 6) is -1.10. The number of carbonyl (C=O) groups excluding carboxylic acids is 1. The van der Waals surface area contributed by atoms with Gasteiger partial charge in [-0.15, -0.1) is 0 Å². The Morgan fingerprint density at radius 2 is 1.56 bits per heavy atom. The maximum Gasteiger partial charge on any atom is 0.407 e. The van der Waals surface area contributed by atoms with E-state index in [1.807, 2.05) is 57.2 Å². The largest absolute Gasteiger partial charge is 0.508 e. The topological polar surface area (TPSA) is 95.9 Å². The molecule has 1 atom stereocenters. The summed E-state index contributed by atoms with van der Waals surface area (Å²) in [6, 6.07) is 19.9. The molecule has 0 aliphatic heterocycles. The normalized spacial score (nSPS) is 13.6. The Balaban J connectivity index is 1.44. The third-order valence-electron chi connectivity index (χ3n) is 6.24. The van der Waals surface area contributed by atoms with E-state index >= 15 is 0 Å². The van der Waals surface area contributed by atoms with Gasteiger partial charge in [0.15, 0.2) is 0 Å². The number of phenols is 1. The van der Waals surface area contributed by atoms with Gasteiger partial charge in [0.2, 0.25) is 0 Å². The minimum atomic E-state index is -1.16. The molecule has 4 rings (SSSR count). The fourth-order valence-corrected chi connectivity index (χ4v) is 4.53. The van der Waals surface area contributed by atoms with Gasteiger partial charge in [0.25, 0.3) is 0 Å². The van der Waals surface area contributed by atoms with Crippen LogP contribution in [0.5, 0.6) is 5.75 Å². The second-order valence-corrected chi connectivity index (χ2v) is 9.67. The number of nitrogens with one attached hydrogen (secondary N) is 1. The van der Waals surface area contributed by atoms with Crippen LogP contribution in [0, 0.1) is 0 Å². The minimum Gasteiger partial charge on any atom is -0.508 e. The Morgan fingerprint density at radius 1 is 0.971 bits per heavy atom. The maximum atomic E-state index is 12.6. The van der Waals surface area contributed by atoms with Crippen LogP contribution in [-0.4, -0.2) is 34.9 Å². The van der Waals surface area contributed by atoms with Gasteiger partial charge >= 0.3 is 12.1 Å². The van der Waals surface area contributed by atoms with Gasteiger partial charge in [0.05, 0.1) is 0 Å². The number of amides is 1. The molecule has 0 unspecified atom stereocenters. The zero-order valence-corrected chi connectivity index (χ0v) is 19.5. The van der Waals surface area contributed by atoms with Crippen LogP contribution in [0.1, 0.15) is 48.9 Å². The van der Waals surface area contributed by atoms with E-state index in [1.165, 1.54) is 0 Å². The Bertz CT molecular complexity index is 1180. The number of benzene rings is 3. The highest BCUT2D eigenvalue weighted by Crippen LogP contribution is 2.44. The predicted octanol–water partition coefficient (Wildman–Crippen LogP) is 5.22. The number of aliphatic carboxylic acids is 1. The Labute approximate surface area is 199 Å². The van der Waals surface area contributed by atoms with Crippen molar-refractivity contribution in [3.63, 3.8) is 0 Å². The highest BCUT2D eigenvalue weighted by atomic mass is 16.5. The third kappa shape index (κ3) is 4.76. The lowest BCUT2D eigenvalue weighted by molar-refractivity contribution is -0.139. The van der Waals surface area contributed by atoms with Crippen LogP contribution in [0.25, 0.3) is 11.1 Å². The number of rotatable bonds is 6. The van der Waals surface area contributed by atoms with Crippen molar-refractivity contribution in [3.05, 3.63) is 89.0 Å². The Morgan fingerprint density at radius 3 is 2.12 bits per heavy atom. The molecule has 3 aromatic carbocycles. The highest BCUT2D eigenvalue weighted by molar-refractivity contribution is 5.81. The van der Waals surface area contributed by atoms with E-state index in [2.05, 4.69) is 17.4 Å². The third-order valence-corrected chi connectivity index (χ3v) is 6.24. The summed E-state index contributed by atoms with van der Waals surface area (Å²) in [5, 5.41) is 22.3. The molecule has 0 radical (unpaired) electrons. The molecule has 1 aliphatic rings. The van der Waals surface area contributed by atoms with Gasteiger partial charge in [-0.2, -0.15) is 0 Å². The monoisotopic (exact) mass is 459 g/mol. The second kappa shape index (κ2) is 9.21. The lowest BCUT2D eigenvalue weighted by atomic mass is 9.85. The SMILES string of the molecule is CC(C)(C)c1cc(C[C@H](NC(=O)OCC2c3ccccc3-c3ccccc32)C(=O)O)ccc1O. The van der Waals surface area contributed by atoms with E-state index in [1.54, 1.807) is 18.2 Å². The van der Waals surface area contributed by atoms with Gasteiger partial charge in [-0.25, -0.2) is 9.59 Å². The zero-order valence-electron chi connectivity index (χ0n) is 19.5. The van der Waals surface area contributed by atoms with Gasteiger partial charge in [-0.05, 0) is 44.9 Å². The minimum absolute atomic E-state index is 0.0723. The molecule has 1 aliphatic carbocycles. The summed E-state index contributed by atoms with van der Waals surface area (Å²) < 4.78 is 5.50. The van der Waals surface area contributed by atoms with E-state index in [0.717, 1.165) is 27.8 Å². The number of aromatic hydroxyl groups is 1. The molecule has 0 saturated carbocycles. The number of phenolic OH excluding ortho intramolecular Hbond substituents is 1. The first-order valence-electron chi connectivity index (χ1n) is 11.3. The molecule has 176 valence electrons. The van der Waals surface area contributed by atoms with Gasteiger partial charge in [0.1, 0.15) is 18.4 Å². The van der Waals surface area contributed by atoms with Crippen molar-refractivity contribution >= 4 is 12.1 Å². The van der Waals surface area contributed by atoms with Crippen LogP contribution in [0.4, 0.5) is 4.79 Å². The van der Waals surface area contributed by atoms with Gasteiger partial charge < -0.3 is 20.3 Å². The summed E-state index contributed by atoms with van der Waals surface area (Å²) in [6.07, 6.45) is -0.702. The molecular weight excluding hydrogens is 430 g/mol. The summed E-state index contributed by atoms with van der Waals surface area (Å²) in [7, 11) is 0.